The summed E-state index contributed by atoms with van der Waals surface area (Å²) in [4.78, 5) is 20.4. The van der Waals surface area contributed by atoms with Crippen LogP contribution in [0.4, 0.5) is 15.8 Å². The molecule has 1 heterocycles. The Bertz CT molecular complexity index is 835. The Hall–Kier alpha value is -3.02. The first-order valence-electron chi connectivity index (χ1n) is 6.20. The number of hydrogen-bond acceptors (Lipinski definition) is 4. The first-order chi connectivity index (χ1) is 10.1. The van der Waals surface area contributed by atoms with Gasteiger partial charge in [-0.05, 0) is 36.4 Å². The normalized spacial score (nSPS) is 10.5. The highest BCUT2D eigenvalue weighted by Crippen LogP contribution is 2.18. The van der Waals surface area contributed by atoms with E-state index < -0.39 is 11.7 Å². The zero-order valence-corrected chi connectivity index (χ0v) is 10.9. The minimum Gasteiger partial charge on any atom is -0.398 e. The third-order valence-corrected chi connectivity index (χ3v) is 2.99. The molecule has 21 heavy (non-hydrogen) atoms. The third-order valence-electron chi connectivity index (χ3n) is 2.99. The van der Waals surface area contributed by atoms with E-state index in [0.717, 1.165) is 11.6 Å². The van der Waals surface area contributed by atoms with Crippen molar-refractivity contribution >= 4 is 28.3 Å². The van der Waals surface area contributed by atoms with Crippen molar-refractivity contribution in [2.24, 2.45) is 0 Å². The van der Waals surface area contributed by atoms with Gasteiger partial charge in [-0.2, -0.15) is 0 Å². The number of aromatic nitrogens is 2. The second-order valence-electron chi connectivity index (χ2n) is 4.45. The minimum absolute atomic E-state index is 0.0919. The monoisotopic (exact) mass is 282 g/mol. The Morgan fingerprint density at radius 1 is 1.05 bits per heavy atom. The van der Waals surface area contributed by atoms with Gasteiger partial charge in [0.05, 0.1) is 16.6 Å². The van der Waals surface area contributed by atoms with E-state index in [9.17, 15) is 9.18 Å². The van der Waals surface area contributed by atoms with Gasteiger partial charge in [-0.15, -0.1) is 0 Å². The zero-order chi connectivity index (χ0) is 14.8. The third kappa shape index (κ3) is 2.64. The molecule has 0 aliphatic carbocycles. The van der Waals surface area contributed by atoms with Crippen LogP contribution < -0.4 is 11.1 Å². The van der Waals surface area contributed by atoms with E-state index in [1.54, 1.807) is 30.6 Å². The number of benzene rings is 2. The molecule has 0 aliphatic rings. The molecule has 0 saturated carbocycles. The van der Waals surface area contributed by atoms with Crippen LogP contribution in [0.15, 0.2) is 48.8 Å². The van der Waals surface area contributed by atoms with Crippen molar-refractivity contribution in [2.45, 2.75) is 0 Å². The van der Waals surface area contributed by atoms with E-state index >= 15 is 0 Å². The zero-order valence-electron chi connectivity index (χ0n) is 10.9. The molecular weight excluding hydrogens is 271 g/mol. The minimum atomic E-state index is -0.515. The second-order valence-corrected chi connectivity index (χ2v) is 4.45. The molecule has 0 fully saturated rings. The number of carbonyl (C=O) groups excluding carboxylic acids is 1. The van der Waals surface area contributed by atoms with Crippen LogP contribution in [-0.4, -0.2) is 15.9 Å². The molecule has 0 bridgehead atoms. The van der Waals surface area contributed by atoms with Crippen molar-refractivity contribution in [3.63, 3.8) is 0 Å². The molecule has 6 heteroatoms. The lowest BCUT2D eigenvalue weighted by Crippen LogP contribution is -2.14. The van der Waals surface area contributed by atoms with Crippen LogP contribution in [0.1, 0.15) is 10.4 Å². The summed E-state index contributed by atoms with van der Waals surface area (Å²) in [6.07, 6.45) is 3.16. The Balaban J connectivity index is 1.90. The Morgan fingerprint density at radius 3 is 2.62 bits per heavy atom. The van der Waals surface area contributed by atoms with Crippen LogP contribution in [0, 0.1) is 5.82 Å². The fraction of sp³-hybridized carbons (Fsp3) is 0. The van der Waals surface area contributed by atoms with Crippen molar-refractivity contribution < 1.29 is 9.18 Å². The number of anilines is 2. The maximum absolute atomic E-state index is 13.2. The lowest BCUT2D eigenvalue weighted by molar-refractivity contribution is 0.102. The molecule has 1 aromatic heterocycles. The van der Waals surface area contributed by atoms with Gasteiger partial charge in [0.1, 0.15) is 5.82 Å². The SMILES string of the molecule is Nc1ccc(F)cc1C(=O)Nc1ccc2nccnc2c1. The van der Waals surface area contributed by atoms with E-state index in [0.29, 0.717) is 11.2 Å². The molecule has 0 aliphatic heterocycles. The fourth-order valence-corrected chi connectivity index (χ4v) is 1.96. The van der Waals surface area contributed by atoms with Crippen LogP contribution in [-0.2, 0) is 0 Å². The Morgan fingerprint density at radius 2 is 1.81 bits per heavy atom. The van der Waals surface area contributed by atoms with E-state index in [1.807, 2.05) is 0 Å². The smallest absolute Gasteiger partial charge is 0.257 e. The average molecular weight is 282 g/mol. The summed E-state index contributed by atoms with van der Waals surface area (Å²) in [6.45, 7) is 0. The van der Waals surface area contributed by atoms with E-state index in [1.165, 1.54) is 12.1 Å². The summed E-state index contributed by atoms with van der Waals surface area (Å²) < 4.78 is 13.2. The number of halogens is 1. The summed E-state index contributed by atoms with van der Waals surface area (Å²) >= 11 is 0. The number of rotatable bonds is 2. The number of fused-ring (bicyclic) bond motifs is 1. The maximum Gasteiger partial charge on any atom is 0.257 e. The van der Waals surface area contributed by atoms with E-state index in [2.05, 4.69) is 15.3 Å². The lowest BCUT2D eigenvalue weighted by Gasteiger charge is -2.08. The van der Waals surface area contributed by atoms with Gasteiger partial charge in [0.2, 0.25) is 0 Å². The lowest BCUT2D eigenvalue weighted by atomic mass is 10.1. The Labute approximate surface area is 119 Å². The van der Waals surface area contributed by atoms with Crippen molar-refractivity contribution in [1.82, 2.24) is 9.97 Å². The van der Waals surface area contributed by atoms with Gasteiger partial charge in [0.15, 0.2) is 0 Å². The van der Waals surface area contributed by atoms with Gasteiger partial charge in [-0.25, -0.2) is 4.39 Å². The highest BCUT2D eigenvalue weighted by Gasteiger charge is 2.11. The van der Waals surface area contributed by atoms with Gasteiger partial charge in [0.25, 0.3) is 5.91 Å². The molecule has 104 valence electrons. The number of nitrogens with zero attached hydrogens (tertiary/aromatic N) is 2. The van der Waals surface area contributed by atoms with Crippen molar-refractivity contribution in [3.8, 4) is 0 Å². The molecule has 0 saturated heterocycles. The number of nitrogens with two attached hydrogens (primary N) is 1. The molecule has 0 spiro atoms. The summed E-state index contributed by atoms with van der Waals surface area (Å²) in [5.41, 5.74) is 7.91. The van der Waals surface area contributed by atoms with Gasteiger partial charge < -0.3 is 11.1 Å². The standard InChI is InChI=1S/C15H11FN4O/c16-9-1-3-12(17)11(7-9)15(21)20-10-2-4-13-14(8-10)19-6-5-18-13/h1-8H,17H2,(H,20,21). The molecular formula is C15H11FN4O. The topological polar surface area (TPSA) is 80.9 Å². The van der Waals surface area contributed by atoms with Crippen molar-refractivity contribution in [3.05, 3.63) is 60.2 Å². The predicted octanol–water partition coefficient (Wildman–Crippen LogP) is 2.60. The highest BCUT2D eigenvalue weighted by molar-refractivity contribution is 6.08. The summed E-state index contributed by atoms with van der Waals surface area (Å²) in [5, 5.41) is 2.67. The number of nitrogen functional groups attached to an aromatic ring is 1. The predicted molar refractivity (Wildman–Crippen MR) is 78.3 cm³/mol. The van der Waals surface area contributed by atoms with Crippen molar-refractivity contribution in [1.29, 1.82) is 0 Å². The molecule has 0 atom stereocenters. The first-order valence-corrected chi connectivity index (χ1v) is 6.20. The van der Waals surface area contributed by atoms with E-state index in [4.69, 9.17) is 5.73 Å². The first kappa shape index (κ1) is 13.0. The van der Waals surface area contributed by atoms with Gasteiger partial charge in [-0.1, -0.05) is 0 Å². The average Bonchev–Trinajstić information content (AvgIpc) is 2.49. The molecule has 3 rings (SSSR count). The second kappa shape index (κ2) is 5.16. The Kier molecular flexibility index (Phi) is 3.19. The van der Waals surface area contributed by atoms with Gasteiger partial charge in [0, 0.05) is 23.8 Å². The number of hydrogen-bond donors (Lipinski definition) is 2. The molecule has 3 N–H and O–H groups in total. The summed E-state index contributed by atoms with van der Waals surface area (Å²) in [6, 6.07) is 8.80. The molecule has 2 aromatic carbocycles. The van der Waals surface area contributed by atoms with E-state index in [-0.39, 0.29) is 11.3 Å². The molecule has 3 aromatic rings. The van der Waals surface area contributed by atoms with Crippen LogP contribution in [0.5, 0.6) is 0 Å². The number of carbonyl (C=O) groups is 1. The van der Waals surface area contributed by atoms with Crippen LogP contribution >= 0.6 is 0 Å². The summed E-state index contributed by atoms with van der Waals surface area (Å²) in [5.74, 6) is -0.992. The fourth-order valence-electron chi connectivity index (χ4n) is 1.96. The molecule has 0 radical (unpaired) electrons. The van der Waals surface area contributed by atoms with Crippen LogP contribution in [0.3, 0.4) is 0 Å². The number of nitrogens with one attached hydrogen (secondary N) is 1. The van der Waals surface area contributed by atoms with Gasteiger partial charge in [-0.3, -0.25) is 14.8 Å². The van der Waals surface area contributed by atoms with Gasteiger partial charge >= 0.3 is 0 Å². The van der Waals surface area contributed by atoms with Crippen LogP contribution in [0.25, 0.3) is 11.0 Å². The molecule has 0 unspecified atom stereocenters. The maximum atomic E-state index is 13.2. The molecule has 1 amide bonds. The van der Waals surface area contributed by atoms with Crippen molar-refractivity contribution in [2.75, 3.05) is 11.1 Å². The molecule has 5 nitrogen and oxygen atoms in total. The largest absolute Gasteiger partial charge is 0.398 e. The number of amides is 1. The highest BCUT2D eigenvalue weighted by atomic mass is 19.1. The summed E-state index contributed by atoms with van der Waals surface area (Å²) in [7, 11) is 0. The van der Waals surface area contributed by atoms with Crippen LogP contribution in [0.2, 0.25) is 0 Å². The quantitative estimate of drug-likeness (QED) is 0.708.